The third-order valence-corrected chi connectivity index (χ3v) is 3.61. The van der Waals surface area contributed by atoms with Crippen LogP contribution in [0.4, 0.5) is 0 Å². The Labute approximate surface area is 102 Å². The maximum atomic E-state index is 10.5. The van der Waals surface area contributed by atoms with Gasteiger partial charge >= 0.3 is 5.97 Å². The second-order valence-electron chi connectivity index (χ2n) is 4.83. The lowest BCUT2D eigenvalue weighted by Crippen LogP contribution is -2.13. The van der Waals surface area contributed by atoms with Crippen LogP contribution >= 0.6 is 0 Å². The van der Waals surface area contributed by atoms with Crippen molar-refractivity contribution in [3.05, 3.63) is 35.4 Å². The Kier molecular flexibility index (Phi) is 3.79. The molecular formula is C14H19NO2. The van der Waals surface area contributed by atoms with E-state index in [4.69, 9.17) is 10.8 Å². The van der Waals surface area contributed by atoms with E-state index in [1.54, 1.807) is 0 Å². The van der Waals surface area contributed by atoms with E-state index in [0.29, 0.717) is 6.42 Å². The number of carboxylic acids is 1. The first kappa shape index (κ1) is 12.1. The first-order valence-electron chi connectivity index (χ1n) is 6.24. The Bertz CT molecular complexity index is 382. The molecule has 3 N–H and O–H groups in total. The first-order chi connectivity index (χ1) is 8.16. The van der Waals surface area contributed by atoms with Crippen LogP contribution < -0.4 is 5.73 Å². The third-order valence-electron chi connectivity index (χ3n) is 3.61. The summed E-state index contributed by atoms with van der Waals surface area (Å²) in [5.41, 5.74) is 8.38. The summed E-state index contributed by atoms with van der Waals surface area (Å²) in [6.07, 6.45) is 4.56. The molecule has 1 unspecified atom stereocenters. The van der Waals surface area contributed by atoms with Crippen LogP contribution in [0.2, 0.25) is 0 Å². The third kappa shape index (κ3) is 3.07. The smallest absolute Gasteiger partial charge is 0.303 e. The van der Waals surface area contributed by atoms with Gasteiger partial charge in [-0.15, -0.1) is 0 Å². The van der Waals surface area contributed by atoms with Crippen LogP contribution in [0.25, 0.3) is 0 Å². The molecule has 0 saturated heterocycles. The van der Waals surface area contributed by atoms with Gasteiger partial charge in [-0.3, -0.25) is 4.79 Å². The lowest BCUT2D eigenvalue weighted by Gasteiger charge is -2.26. The molecule has 1 aliphatic rings. The second kappa shape index (κ2) is 5.32. The average molecular weight is 233 g/mol. The number of carboxylic acid groups (broad SMARTS) is 1. The van der Waals surface area contributed by atoms with Crippen LogP contribution in [0.1, 0.15) is 55.2 Å². The number of hydrogen-bond donors (Lipinski definition) is 2. The largest absolute Gasteiger partial charge is 0.481 e. The number of hydrogen-bond acceptors (Lipinski definition) is 2. The van der Waals surface area contributed by atoms with Gasteiger partial charge in [0.2, 0.25) is 0 Å². The number of nitrogens with two attached hydrogens (primary N) is 1. The second-order valence-corrected chi connectivity index (χ2v) is 4.83. The maximum absolute atomic E-state index is 10.5. The zero-order valence-electron chi connectivity index (χ0n) is 9.93. The molecule has 0 amide bonds. The van der Waals surface area contributed by atoms with E-state index in [1.165, 1.54) is 24.8 Å². The minimum absolute atomic E-state index is 0.130. The number of rotatable bonds is 5. The molecule has 0 aromatic heterocycles. The van der Waals surface area contributed by atoms with Crippen molar-refractivity contribution in [1.29, 1.82) is 0 Å². The molecule has 1 fully saturated rings. The molecule has 92 valence electrons. The van der Waals surface area contributed by atoms with Gasteiger partial charge in [0.15, 0.2) is 0 Å². The number of carbonyl (C=O) groups is 1. The fourth-order valence-corrected chi connectivity index (χ4v) is 2.20. The summed E-state index contributed by atoms with van der Waals surface area (Å²) in [6.45, 7) is 0. The molecule has 17 heavy (non-hydrogen) atoms. The van der Waals surface area contributed by atoms with Crippen LogP contribution in [0, 0.1) is 0 Å². The fourth-order valence-electron chi connectivity index (χ4n) is 2.20. The van der Waals surface area contributed by atoms with Crippen LogP contribution in [0.3, 0.4) is 0 Å². The lowest BCUT2D eigenvalue weighted by atomic mass is 9.80. The Morgan fingerprint density at radius 2 is 2.00 bits per heavy atom. The van der Waals surface area contributed by atoms with Crippen LogP contribution in [-0.2, 0) is 4.79 Å². The van der Waals surface area contributed by atoms with Crippen molar-refractivity contribution in [1.82, 2.24) is 0 Å². The Morgan fingerprint density at radius 3 is 2.47 bits per heavy atom. The minimum atomic E-state index is -0.786. The van der Waals surface area contributed by atoms with Gasteiger partial charge in [0.1, 0.15) is 0 Å². The van der Waals surface area contributed by atoms with Crippen LogP contribution in [-0.4, -0.2) is 11.1 Å². The Hall–Kier alpha value is -1.35. The topological polar surface area (TPSA) is 63.3 Å². The zero-order valence-corrected chi connectivity index (χ0v) is 9.93. The van der Waals surface area contributed by atoms with Crippen molar-refractivity contribution in [3.63, 3.8) is 0 Å². The highest BCUT2D eigenvalue weighted by Gasteiger charge is 2.19. The molecule has 1 saturated carbocycles. The van der Waals surface area contributed by atoms with Crippen molar-refractivity contribution in [2.24, 2.45) is 5.73 Å². The molecule has 3 nitrogen and oxygen atoms in total. The Morgan fingerprint density at radius 1 is 1.35 bits per heavy atom. The molecule has 1 aromatic rings. The van der Waals surface area contributed by atoms with Crippen molar-refractivity contribution in [3.8, 4) is 0 Å². The molecule has 1 aromatic carbocycles. The van der Waals surface area contributed by atoms with Crippen LogP contribution in [0.15, 0.2) is 24.3 Å². The van der Waals surface area contributed by atoms with E-state index >= 15 is 0 Å². The van der Waals surface area contributed by atoms with E-state index in [-0.39, 0.29) is 12.5 Å². The average Bonchev–Trinajstić information content (AvgIpc) is 2.24. The Balaban J connectivity index is 1.94. The van der Waals surface area contributed by atoms with E-state index in [1.807, 2.05) is 12.1 Å². The first-order valence-corrected chi connectivity index (χ1v) is 6.24. The summed E-state index contributed by atoms with van der Waals surface area (Å²) < 4.78 is 0. The van der Waals surface area contributed by atoms with Crippen molar-refractivity contribution < 1.29 is 9.90 Å². The molecule has 0 spiro atoms. The summed E-state index contributed by atoms with van der Waals surface area (Å²) in [6, 6.07) is 8.20. The lowest BCUT2D eigenvalue weighted by molar-refractivity contribution is -0.137. The van der Waals surface area contributed by atoms with Gasteiger partial charge < -0.3 is 10.8 Å². The van der Waals surface area contributed by atoms with E-state index in [9.17, 15) is 4.79 Å². The maximum Gasteiger partial charge on any atom is 0.303 e. The van der Waals surface area contributed by atoms with Gasteiger partial charge in [0.05, 0.1) is 0 Å². The summed E-state index contributed by atoms with van der Waals surface area (Å²) >= 11 is 0. The standard InChI is InChI=1S/C14H19NO2/c15-13(8-9-14(16)17)12-6-4-11(5-7-12)10-2-1-3-10/h4-7,10,13H,1-3,8-9,15H2,(H,16,17). The predicted octanol–water partition coefficient (Wildman–Crippen LogP) is 2.82. The van der Waals surface area contributed by atoms with Gasteiger partial charge in [0, 0.05) is 12.5 Å². The van der Waals surface area contributed by atoms with Crippen molar-refractivity contribution >= 4 is 5.97 Å². The van der Waals surface area contributed by atoms with E-state index < -0.39 is 5.97 Å². The summed E-state index contributed by atoms with van der Waals surface area (Å²) in [5, 5.41) is 8.61. The SMILES string of the molecule is NC(CCC(=O)O)c1ccc(C2CCC2)cc1. The molecule has 2 rings (SSSR count). The highest BCUT2D eigenvalue weighted by atomic mass is 16.4. The molecule has 0 radical (unpaired) electrons. The molecule has 1 atom stereocenters. The van der Waals surface area contributed by atoms with Gasteiger partial charge in [-0.2, -0.15) is 0 Å². The monoisotopic (exact) mass is 233 g/mol. The number of aliphatic carboxylic acids is 1. The highest BCUT2D eigenvalue weighted by molar-refractivity contribution is 5.66. The van der Waals surface area contributed by atoms with Crippen molar-refractivity contribution in [2.75, 3.05) is 0 Å². The fraction of sp³-hybridized carbons (Fsp3) is 0.500. The molecule has 1 aliphatic carbocycles. The predicted molar refractivity (Wildman–Crippen MR) is 66.8 cm³/mol. The summed E-state index contributed by atoms with van der Waals surface area (Å²) in [7, 11) is 0. The summed E-state index contributed by atoms with van der Waals surface area (Å²) in [5.74, 6) is -0.0502. The molecule has 0 aliphatic heterocycles. The minimum Gasteiger partial charge on any atom is -0.481 e. The molecule has 0 bridgehead atoms. The zero-order chi connectivity index (χ0) is 12.3. The summed E-state index contributed by atoms with van der Waals surface area (Å²) in [4.78, 5) is 10.5. The van der Waals surface area contributed by atoms with Gasteiger partial charge in [-0.25, -0.2) is 0 Å². The molecule has 0 heterocycles. The van der Waals surface area contributed by atoms with Crippen LogP contribution in [0.5, 0.6) is 0 Å². The molecule has 3 heteroatoms. The normalized spacial score (nSPS) is 17.5. The van der Waals surface area contributed by atoms with E-state index in [2.05, 4.69) is 12.1 Å². The van der Waals surface area contributed by atoms with Gasteiger partial charge in [-0.1, -0.05) is 30.7 Å². The number of benzene rings is 1. The van der Waals surface area contributed by atoms with Gasteiger partial charge in [-0.05, 0) is 36.3 Å². The van der Waals surface area contributed by atoms with Crippen molar-refractivity contribution in [2.45, 2.75) is 44.1 Å². The quantitative estimate of drug-likeness (QED) is 0.822. The molecular weight excluding hydrogens is 214 g/mol. The van der Waals surface area contributed by atoms with E-state index in [0.717, 1.165) is 11.5 Å². The van der Waals surface area contributed by atoms with Gasteiger partial charge in [0.25, 0.3) is 0 Å². The highest BCUT2D eigenvalue weighted by Crippen LogP contribution is 2.36.